The summed E-state index contributed by atoms with van der Waals surface area (Å²) in [7, 11) is 0. The molecule has 1 N–H and O–H groups in total. The van der Waals surface area contributed by atoms with Crippen LogP contribution in [0.25, 0.3) is 72.7 Å². The van der Waals surface area contributed by atoms with E-state index in [0.717, 1.165) is 44.6 Å². The van der Waals surface area contributed by atoms with Crippen LogP contribution in [0.5, 0.6) is 5.75 Å². The van der Waals surface area contributed by atoms with E-state index >= 15 is 0 Å². The third-order valence-electron chi connectivity index (χ3n) is 9.71. The fourth-order valence-corrected chi connectivity index (χ4v) is 6.91. The Morgan fingerprint density at radius 1 is 0.593 bits per heavy atom. The quantitative estimate of drug-likeness (QED) is 0.187. The van der Waals surface area contributed by atoms with Crippen molar-refractivity contribution >= 4 is 11.0 Å². The van der Waals surface area contributed by atoms with E-state index in [2.05, 4.69) is 87.5 Å². The molecule has 2 heterocycles. The molecule has 6 aromatic carbocycles. The zero-order valence-corrected chi connectivity index (χ0v) is 31.2. The van der Waals surface area contributed by atoms with Crippen LogP contribution in [0.3, 0.4) is 0 Å². The van der Waals surface area contributed by atoms with Crippen molar-refractivity contribution in [3.63, 3.8) is 0 Å². The van der Waals surface area contributed by atoms with Gasteiger partial charge in [-0.2, -0.15) is 0 Å². The summed E-state index contributed by atoms with van der Waals surface area (Å²) in [5.74, 6) is 0.612. The highest BCUT2D eigenvalue weighted by molar-refractivity contribution is 5.97. The lowest BCUT2D eigenvalue weighted by Crippen LogP contribution is -2.14. The number of para-hydroxylation sites is 2. The first-order valence-corrected chi connectivity index (χ1v) is 18.0. The molecule has 8 rings (SSSR count). The van der Waals surface area contributed by atoms with Crippen molar-refractivity contribution < 1.29 is 16.1 Å². The topological polar surface area (TPSA) is 50.9 Å². The highest BCUT2D eigenvalue weighted by Crippen LogP contribution is 2.42. The van der Waals surface area contributed by atoms with E-state index < -0.39 is 47.8 Å². The lowest BCUT2D eigenvalue weighted by Gasteiger charge is -2.25. The molecule has 8 aromatic rings. The summed E-state index contributed by atoms with van der Waals surface area (Å²) in [6.07, 6.45) is -0.499. The van der Waals surface area contributed by atoms with Crippen molar-refractivity contribution in [1.29, 1.82) is 0 Å². The van der Waals surface area contributed by atoms with Gasteiger partial charge >= 0.3 is 0 Å². The molecule has 0 aliphatic heterocycles. The van der Waals surface area contributed by atoms with Gasteiger partial charge in [0.1, 0.15) is 11.6 Å². The molecule has 2 aromatic heterocycles. The fourth-order valence-electron chi connectivity index (χ4n) is 6.91. The van der Waals surface area contributed by atoms with Crippen LogP contribution < -0.4 is 0 Å². The molecule has 0 saturated carbocycles. The summed E-state index contributed by atoms with van der Waals surface area (Å²) in [5.41, 5.74) is 7.80. The maximum atomic E-state index is 11.3. The summed E-state index contributed by atoms with van der Waals surface area (Å²) in [5, 5.41) is 11.3. The molecule has 0 fully saturated rings. The van der Waals surface area contributed by atoms with E-state index in [9.17, 15) is 6.48 Å². The minimum Gasteiger partial charge on any atom is -0.507 e. The lowest BCUT2D eigenvalue weighted by molar-refractivity contribution is 0.477. The van der Waals surface area contributed by atoms with Crippen LogP contribution >= 0.6 is 0 Å². The Hall–Kier alpha value is -6.26. The largest absolute Gasteiger partial charge is 0.507 e. The molecule has 4 nitrogen and oxygen atoms in total. The Bertz CT molecular complexity index is 3060. The predicted molar refractivity (Wildman–Crippen MR) is 225 cm³/mol. The van der Waals surface area contributed by atoms with Crippen LogP contribution in [-0.4, -0.2) is 19.6 Å². The number of hydrogen-bond donors (Lipinski definition) is 1. The summed E-state index contributed by atoms with van der Waals surface area (Å²) >= 11 is 0. The maximum absolute atomic E-state index is 11.3. The molecule has 0 unspecified atom stereocenters. The predicted octanol–water partition coefficient (Wildman–Crippen LogP) is 13.1. The Labute approximate surface area is 329 Å². The van der Waals surface area contributed by atoms with Gasteiger partial charge in [-0.3, -0.25) is 9.55 Å². The monoisotopic (exact) mass is 711 g/mol. The summed E-state index contributed by atoms with van der Waals surface area (Å²) in [4.78, 5) is 9.73. The van der Waals surface area contributed by atoms with Crippen molar-refractivity contribution in [2.45, 2.75) is 52.4 Å². The van der Waals surface area contributed by atoms with E-state index in [0.29, 0.717) is 22.5 Å². The van der Waals surface area contributed by atoms with Crippen molar-refractivity contribution in [3.05, 3.63) is 169 Å². The van der Waals surface area contributed by atoms with E-state index in [4.69, 9.17) is 14.6 Å². The van der Waals surface area contributed by atoms with Crippen LogP contribution in [0.15, 0.2) is 158 Å². The molecule has 0 bridgehead atoms. The average Bonchev–Trinajstić information content (AvgIpc) is 3.63. The third-order valence-corrected chi connectivity index (χ3v) is 9.71. The highest BCUT2D eigenvalue weighted by atomic mass is 16.3. The second-order valence-electron chi connectivity index (χ2n) is 15.6. The smallest absolute Gasteiger partial charge is 0.149 e. The SMILES string of the molecule is [2H]c1nc(-c2cc(-c3cccc4c3nc(-c3ccccc3O)n4-c3ccc(-c4ccccc4)c(C(C)(C)C)c3)cc(C(C)(C)C)c2)c([2H])c(-c2c([2H])c([2H])c([2H])c([2H])c2[2H])c1[2H]. The number of rotatable bonds is 6. The van der Waals surface area contributed by atoms with Crippen molar-refractivity contribution in [3.8, 4) is 67.5 Å². The summed E-state index contributed by atoms with van der Waals surface area (Å²) in [6, 6.07) is 31.8. The fraction of sp³-hybridized carbons (Fsp3) is 0.160. The molecule has 4 heteroatoms. The van der Waals surface area contributed by atoms with Gasteiger partial charge in [-0.15, -0.1) is 0 Å². The number of nitrogens with zero attached hydrogens (tertiary/aromatic N) is 3. The van der Waals surface area contributed by atoms with Gasteiger partial charge < -0.3 is 5.11 Å². The van der Waals surface area contributed by atoms with Crippen LogP contribution in [0.2, 0.25) is 0 Å². The van der Waals surface area contributed by atoms with Gasteiger partial charge in [0.2, 0.25) is 0 Å². The van der Waals surface area contributed by atoms with Gasteiger partial charge in [0, 0.05) is 23.0 Å². The number of pyridine rings is 1. The number of imidazole rings is 1. The standard InChI is InChI=1S/C50H45N3O/c1-49(2,3)38-29-36(28-37(30-38)44-31-35(26-27-51-44)33-16-9-7-10-17-33)41-21-15-22-45-47(41)52-48(42-20-13-14-23-46(42)54)53(45)39-24-25-40(34-18-11-8-12-19-34)43(32-39)50(4,5)6/h7-32,54H,1-6H3/i7D,9D,10D,16D,17D,26D,27D,31D. The van der Waals surface area contributed by atoms with E-state index in [-0.39, 0.29) is 34.0 Å². The van der Waals surface area contributed by atoms with Crippen molar-refractivity contribution in [1.82, 2.24) is 14.5 Å². The Balaban J connectivity index is 1.40. The molecule has 0 aliphatic rings. The number of hydrogen-bond acceptors (Lipinski definition) is 3. The molecular weight excluding hydrogens is 659 g/mol. The van der Waals surface area contributed by atoms with Gasteiger partial charge in [-0.25, -0.2) is 4.98 Å². The minimum absolute atomic E-state index is 0.0287. The highest BCUT2D eigenvalue weighted by Gasteiger charge is 2.25. The maximum Gasteiger partial charge on any atom is 0.149 e. The third kappa shape index (κ3) is 6.60. The van der Waals surface area contributed by atoms with Crippen molar-refractivity contribution in [2.75, 3.05) is 0 Å². The molecule has 0 radical (unpaired) electrons. The number of aromatic nitrogens is 3. The second kappa shape index (κ2) is 13.6. The van der Waals surface area contributed by atoms with Crippen molar-refractivity contribution in [2.24, 2.45) is 0 Å². The lowest BCUT2D eigenvalue weighted by atomic mass is 9.81. The van der Waals surface area contributed by atoms with Crippen LogP contribution in [0, 0.1) is 0 Å². The molecule has 0 saturated heterocycles. The zero-order valence-electron chi connectivity index (χ0n) is 39.2. The average molecular weight is 712 g/mol. The Morgan fingerprint density at radius 3 is 2.06 bits per heavy atom. The van der Waals surface area contributed by atoms with E-state index in [1.807, 2.05) is 60.7 Å². The van der Waals surface area contributed by atoms with Crippen LogP contribution in [0.4, 0.5) is 0 Å². The number of phenolic OH excluding ortho intramolecular Hbond substituents is 1. The van der Waals surface area contributed by atoms with Gasteiger partial charge in [0.05, 0.1) is 33.3 Å². The molecule has 54 heavy (non-hydrogen) atoms. The summed E-state index contributed by atoms with van der Waals surface area (Å²) in [6.45, 7) is 12.8. The molecule has 0 aliphatic carbocycles. The Morgan fingerprint density at radius 2 is 1.31 bits per heavy atom. The van der Waals surface area contributed by atoms with E-state index in [1.165, 1.54) is 0 Å². The van der Waals surface area contributed by atoms with Gasteiger partial charge in [0.25, 0.3) is 0 Å². The first-order chi connectivity index (χ1) is 29.3. The molecule has 0 amide bonds. The Kier molecular flexibility index (Phi) is 6.68. The number of fused-ring (bicyclic) bond motifs is 1. The van der Waals surface area contributed by atoms with Gasteiger partial charge in [-0.05, 0) is 104 Å². The van der Waals surface area contributed by atoms with Crippen LogP contribution in [-0.2, 0) is 10.8 Å². The molecule has 0 atom stereocenters. The zero-order chi connectivity index (χ0) is 44.6. The minimum atomic E-state index is -0.598. The molecular formula is C50H45N3O. The second-order valence-corrected chi connectivity index (χ2v) is 15.6. The van der Waals surface area contributed by atoms with Crippen LogP contribution in [0.1, 0.15) is 63.6 Å². The number of aromatic hydroxyl groups is 1. The first kappa shape index (κ1) is 26.5. The first-order valence-electron chi connectivity index (χ1n) is 22.0. The summed E-state index contributed by atoms with van der Waals surface area (Å²) < 4.78 is 71.0. The number of benzene rings is 6. The normalized spacial score (nSPS) is 14.0. The van der Waals surface area contributed by atoms with E-state index in [1.54, 1.807) is 12.1 Å². The number of phenols is 1. The van der Waals surface area contributed by atoms with Gasteiger partial charge in [-0.1, -0.05) is 138 Å². The molecule has 266 valence electrons. The molecule has 0 spiro atoms. The van der Waals surface area contributed by atoms with Gasteiger partial charge in [0.15, 0.2) is 0 Å².